The summed E-state index contributed by atoms with van der Waals surface area (Å²) in [5.74, 6) is 0.724. The molecule has 2 aromatic rings. The second-order valence-corrected chi connectivity index (χ2v) is 6.30. The minimum absolute atomic E-state index is 0.0152. The molecule has 0 saturated heterocycles. The average Bonchev–Trinajstić information content (AvgIpc) is 2.54. The van der Waals surface area contributed by atoms with Gasteiger partial charge >= 0.3 is 7.12 Å². The third kappa shape index (κ3) is 3.95. The van der Waals surface area contributed by atoms with Gasteiger partial charge in [0, 0.05) is 11.8 Å². The number of hydrogen-bond donors (Lipinski definition) is 3. The summed E-state index contributed by atoms with van der Waals surface area (Å²) in [5.41, 5.74) is 0.559. The van der Waals surface area contributed by atoms with Crippen LogP contribution in [0, 0.1) is 0 Å². The van der Waals surface area contributed by atoms with Gasteiger partial charge in [-0.05, 0) is 29.7 Å². The van der Waals surface area contributed by atoms with Crippen LogP contribution in [0.5, 0.6) is 11.5 Å². The number of benzene rings is 2. The average molecular weight is 337 g/mol. The molecule has 0 saturated carbocycles. The monoisotopic (exact) mass is 337 g/mol. The molecule has 0 radical (unpaired) electrons. The first kappa shape index (κ1) is 17.1. The second-order valence-electron chi connectivity index (χ2n) is 4.62. The molecular formula is C14H16BNO6S. The number of ether oxygens (including phenoxy) is 2. The second kappa shape index (κ2) is 6.90. The molecule has 0 bridgehead atoms. The molecule has 0 atom stereocenters. The smallest absolute Gasteiger partial charge is 0.488 e. The van der Waals surface area contributed by atoms with Gasteiger partial charge in [0.2, 0.25) is 0 Å². The first-order valence-corrected chi connectivity index (χ1v) is 8.06. The van der Waals surface area contributed by atoms with Gasteiger partial charge in [-0.25, -0.2) is 8.42 Å². The summed E-state index contributed by atoms with van der Waals surface area (Å²) in [5, 5.41) is 18.0. The third-order valence-electron chi connectivity index (χ3n) is 3.13. The lowest BCUT2D eigenvalue weighted by Gasteiger charge is -2.12. The molecule has 2 rings (SSSR count). The van der Waals surface area contributed by atoms with E-state index in [9.17, 15) is 8.42 Å². The highest BCUT2D eigenvalue weighted by Crippen LogP contribution is 2.30. The molecule has 23 heavy (non-hydrogen) atoms. The lowest BCUT2D eigenvalue weighted by molar-refractivity contribution is 0.354. The van der Waals surface area contributed by atoms with Gasteiger partial charge < -0.3 is 19.5 Å². The van der Waals surface area contributed by atoms with E-state index in [1.807, 2.05) is 0 Å². The van der Waals surface area contributed by atoms with Crippen LogP contribution in [-0.4, -0.2) is 39.8 Å². The number of nitrogens with one attached hydrogen (secondary N) is 1. The fraction of sp³-hybridized carbons (Fsp3) is 0.143. The number of sulfonamides is 1. The Kier molecular flexibility index (Phi) is 5.14. The lowest BCUT2D eigenvalue weighted by atomic mass is 9.80. The van der Waals surface area contributed by atoms with Crippen molar-refractivity contribution in [2.24, 2.45) is 0 Å². The van der Waals surface area contributed by atoms with Crippen LogP contribution < -0.4 is 19.7 Å². The largest absolute Gasteiger partial charge is 0.493 e. The van der Waals surface area contributed by atoms with E-state index in [-0.39, 0.29) is 10.4 Å². The van der Waals surface area contributed by atoms with Crippen LogP contribution in [0.15, 0.2) is 47.4 Å². The van der Waals surface area contributed by atoms with E-state index in [1.54, 1.807) is 0 Å². The van der Waals surface area contributed by atoms with E-state index in [2.05, 4.69) is 4.72 Å². The first-order valence-electron chi connectivity index (χ1n) is 6.58. The topological polar surface area (TPSA) is 105 Å². The van der Waals surface area contributed by atoms with Crippen molar-refractivity contribution in [1.29, 1.82) is 0 Å². The normalized spacial score (nSPS) is 11.0. The SMILES string of the molecule is COc1ccc(S(=O)(=O)Nc2ccc(B(O)O)cc2)cc1OC. The van der Waals surface area contributed by atoms with Crippen molar-refractivity contribution in [3.63, 3.8) is 0 Å². The zero-order valence-electron chi connectivity index (χ0n) is 12.6. The van der Waals surface area contributed by atoms with Gasteiger partial charge in [-0.3, -0.25) is 4.72 Å². The molecule has 9 heteroatoms. The van der Waals surface area contributed by atoms with E-state index in [1.165, 1.54) is 56.7 Å². The first-order chi connectivity index (χ1) is 10.9. The Bertz CT molecular complexity index is 776. The van der Waals surface area contributed by atoms with Crippen LogP contribution in [0.3, 0.4) is 0 Å². The van der Waals surface area contributed by atoms with E-state index in [4.69, 9.17) is 19.5 Å². The minimum atomic E-state index is -3.81. The molecule has 0 spiro atoms. The van der Waals surface area contributed by atoms with Gasteiger partial charge in [-0.15, -0.1) is 0 Å². The van der Waals surface area contributed by atoms with Gasteiger partial charge in [0.15, 0.2) is 11.5 Å². The maximum absolute atomic E-state index is 12.4. The van der Waals surface area contributed by atoms with Gasteiger partial charge in [0.05, 0.1) is 19.1 Å². The van der Waals surface area contributed by atoms with Crippen molar-refractivity contribution < 1.29 is 27.9 Å². The van der Waals surface area contributed by atoms with E-state index in [0.717, 1.165) is 0 Å². The molecule has 2 aromatic carbocycles. The summed E-state index contributed by atoms with van der Waals surface area (Å²) in [6.45, 7) is 0. The fourth-order valence-corrected chi connectivity index (χ4v) is 2.99. The van der Waals surface area contributed by atoms with Gasteiger partial charge in [0.1, 0.15) is 0 Å². The Labute approximate surface area is 134 Å². The molecule has 0 unspecified atom stereocenters. The fourth-order valence-electron chi connectivity index (χ4n) is 1.92. The van der Waals surface area contributed by atoms with Crippen molar-refractivity contribution in [1.82, 2.24) is 0 Å². The van der Waals surface area contributed by atoms with Gasteiger partial charge in [0.25, 0.3) is 10.0 Å². The Hall–Kier alpha value is -2.23. The molecule has 122 valence electrons. The Balaban J connectivity index is 2.28. The van der Waals surface area contributed by atoms with Crippen LogP contribution in [-0.2, 0) is 10.0 Å². The van der Waals surface area contributed by atoms with Crippen LogP contribution in [0.2, 0.25) is 0 Å². The Morgan fingerprint density at radius 2 is 1.57 bits per heavy atom. The summed E-state index contributed by atoms with van der Waals surface area (Å²) in [4.78, 5) is 0.0152. The Morgan fingerprint density at radius 3 is 2.09 bits per heavy atom. The van der Waals surface area contributed by atoms with Crippen molar-refractivity contribution in [2.45, 2.75) is 4.90 Å². The van der Waals surface area contributed by atoms with E-state index in [0.29, 0.717) is 17.2 Å². The number of rotatable bonds is 6. The van der Waals surface area contributed by atoms with E-state index >= 15 is 0 Å². The predicted octanol–water partition coefficient (Wildman–Crippen LogP) is 0.184. The summed E-state index contributed by atoms with van der Waals surface area (Å²) in [6, 6.07) is 9.95. The number of methoxy groups -OCH3 is 2. The van der Waals surface area contributed by atoms with Crippen molar-refractivity contribution in [2.75, 3.05) is 18.9 Å². The molecular weight excluding hydrogens is 321 g/mol. The highest BCUT2D eigenvalue weighted by Gasteiger charge is 2.18. The molecule has 0 fully saturated rings. The molecule has 0 aliphatic heterocycles. The molecule has 0 aliphatic carbocycles. The van der Waals surface area contributed by atoms with Crippen LogP contribution in [0.4, 0.5) is 5.69 Å². The van der Waals surface area contributed by atoms with Crippen molar-refractivity contribution in [3.05, 3.63) is 42.5 Å². The molecule has 0 heterocycles. The van der Waals surface area contributed by atoms with Gasteiger partial charge in [-0.1, -0.05) is 12.1 Å². The maximum atomic E-state index is 12.4. The predicted molar refractivity (Wildman–Crippen MR) is 86.6 cm³/mol. The lowest BCUT2D eigenvalue weighted by Crippen LogP contribution is -2.29. The summed E-state index contributed by atoms with van der Waals surface area (Å²) < 4.78 is 37.3. The van der Waals surface area contributed by atoms with Gasteiger partial charge in [-0.2, -0.15) is 0 Å². The van der Waals surface area contributed by atoms with Crippen molar-refractivity contribution in [3.8, 4) is 11.5 Å². The highest BCUT2D eigenvalue weighted by molar-refractivity contribution is 7.92. The molecule has 0 amide bonds. The summed E-state index contributed by atoms with van der Waals surface area (Å²) in [7, 11) is -2.54. The maximum Gasteiger partial charge on any atom is 0.488 e. The standard InChI is InChI=1S/C14H16BNO6S/c1-21-13-8-7-12(9-14(13)22-2)23(19,20)16-11-5-3-10(4-6-11)15(17)18/h3-9,16-18H,1-2H3. The highest BCUT2D eigenvalue weighted by atomic mass is 32.2. The van der Waals surface area contributed by atoms with Crippen LogP contribution >= 0.6 is 0 Å². The summed E-state index contributed by atoms with van der Waals surface area (Å²) in [6.07, 6.45) is 0. The molecule has 7 nitrogen and oxygen atoms in total. The number of anilines is 1. The minimum Gasteiger partial charge on any atom is -0.493 e. The van der Waals surface area contributed by atoms with E-state index < -0.39 is 17.1 Å². The quantitative estimate of drug-likeness (QED) is 0.650. The molecule has 3 N–H and O–H groups in total. The number of hydrogen-bond acceptors (Lipinski definition) is 6. The molecule has 0 aromatic heterocycles. The van der Waals surface area contributed by atoms with Crippen LogP contribution in [0.1, 0.15) is 0 Å². The van der Waals surface area contributed by atoms with Crippen LogP contribution in [0.25, 0.3) is 0 Å². The Morgan fingerprint density at radius 1 is 0.957 bits per heavy atom. The zero-order valence-corrected chi connectivity index (χ0v) is 13.4. The molecule has 0 aliphatic rings. The third-order valence-corrected chi connectivity index (χ3v) is 4.51. The summed E-state index contributed by atoms with van der Waals surface area (Å²) >= 11 is 0. The zero-order chi connectivity index (χ0) is 17.0. The van der Waals surface area contributed by atoms with Crippen molar-refractivity contribution >= 4 is 28.3 Å².